The van der Waals surface area contributed by atoms with Crippen molar-refractivity contribution in [1.29, 1.82) is 0 Å². The summed E-state index contributed by atoms with van der Waals surface area (Å²) in [5.41, 5.74) is 1.05. The predicted octanol–water partition coefficient (Wildman–Crippen LogP) is 3.61. The summed E-state index contributed by atoms with van der Waals surface area (Å²) in [4.78, 5) is 24.8. The van der Waals surface area contributed by atoms with Gasteiger partial charge in [-0.15, -0.1) is 0 Å². The number of amides is 2. The molecule has 2 amide bonds. The smallest absolute Gasteiger partial charge is 0.251 e. The number of carbonyl (C=O) groups is 2. The maximum atomic E-state index is 12.4. The van der Waals surface area contributed by atoms with Crippen molar-refractivity contribution in [3.63, 3.8) is 0 Å². The Balaban J connectivity index is 1.60. The molecule has 24 heavy (non-hydrogen) atoms. The molecule has 1 aromatic rings. The number of benzene rings is 1. The van der Waals surface area contributed by atoms with Gasteiger partial charge < -0.3 is 10.6 Å². The third-order valence-corrected chi connectivity index (χ3v) is 5.19. The normalized spacial score (nSPS) is 19.7. The molecule has 0 saturated heterocycles. The molecule has 2 fully saturated rings. The molecule has 0 aromatic heterocycles. The molecule has 0 aliphatic heterocycles. The predicted molar refractivity (Wildman–Crippen MR) is 94.0 cm³/mol. The molecule has 1 radical (unpaired) electrons. The summed E-state index contributed by atoms with van der Waals surface area (Å²) in [6, 6.07) is 8.49. The van der Waals surface area contributed by atoms with E-state index >= 15 is 0 Å². The van der Waals surface area contributed by atoms with Gasteiger partial charge in [-0.1, -0.05) is 38.5 Å². The van der Waals surface area contributed by atoms with Crippen molar-refractivity contribution >= 4 is 11.8 Å². The molecule has 2 N–H and O–H groups in total. The first-order valence-corrected chi connectivity index (χ1v) is 9.35. The molecular weight excluding hydrogens is 300 g/mol. The molecule has 1 aromatic carbocycles. The minimum atomic E-state index is -0.0922. The van der Waals surface area contributed by atoms with Crippen molar-refractivity contribution < 1.29 is 9.59 Å². The van der Waals surface area contributed by atoms with Gasteiger partial charge in [-0.3, -0.25) is 9.59 Å². The molecule has 0 unspecified atom stereocenters. The molecule has 2 saturated carbocycles. The van der Waals surface area contributed by atoms with Gasteiger partial charge in [0.1, 0.15) is 0 Å². The van der Waals surface area contributed by atoms with Crippen LogP contribution in [0.15, 0.2) is 18.2 Å². The van der Waals surface area contributed by atoms with Crippen LogP contribution in [0.25, 0.3) is 0 Å². The molecule has 2 aliphatic carbocycles. The lowest BCUT2D eigenvalue weighted by atomic mass is 9.95. The summed E-state index contributed by atoms with van der Waals surface area (Å²) in [5, 5.41) is 6.18. The van der Waals surface area contributed by atoms with Crippen molar-refractivity contribution in [2.45, 2.75) is 76.3 Å². The minimum Gasteiger partial charge on any atom is -0.349 e. The lowest BCUT2D eigenvalue weighted by Crippen LogP contribution is -2.37. The van der Waals surface area contributed by atoms with Gasteiger partial charge >= 0.3 is 0 Å². The summed E-state index contributed by atoms with van der Waals surface area (Å²) in [6.07, 6.45) is 11.5. The maximum Gasteiger partial charge on any atom is 0.251 e. The largest absolute Gasteiger partial charge is 0.349 e. The minimum absolute atomic E-state index is 0.0922. The number of hydrogen-bond acceptors (Lipinski definition) is 2. The summed E-state index contributed by atoms with van der Waals surface area (Å²) < 4.78 is 0. The number of carbonyl (C=O) groups excluding carboxylic acids is 2. The lowest BCUT2D eigenvalue weighted by molar-refractivity contribution is 0.0927. The standard InChI is InChI=1S/C20H27N2O2/c23-19(21-17-10-3-1-4-11-17)15-8-7-9-16(14-15)20(24)22-18-12-5-2-6-13-18/h8-9,14,17-18H,1-6,10-13H2,(H,21,23)(H,22,24). The number of rotatable bonds is 4. The van der Waals surface area contributed by atoms with Crippen LogP contribution in [0.5, 0.6) is 0 Å². The summed E-state index contributed by atoms with van der Waals surface area (Å²) >= 11 is 0. The van der Waals surface area contributed by atoms with E-state index < -0.39 is 0 Å². The third kappa shape index (κ3) is 4.59. The molecule has 0 atom stereocenters. The second-order valence-electron chi connectivity index (χ2n) is 7.13. The fraction of sp³-hybridized carbons (Fsp3) is 0.600. The van der Waals surface area contributed by atoms with Gasteiger partial charge in [-0.05, 0) is 49.9 Å². The zero-order chi connectivity index (χ0) is 16.8. The second kappa shape index (κ2) is 8.32. The molecule has 4 heteroatoms. The molecule has 129 valence electrons. The highest BCUT2D eigenvalue weighted by molar-refractivity contribution is 5.99. The second-order valence-corrected chi connectivity index (χ2v) is 7.13. The van der Waals surface area contributed by atoms with Gasteiger partial charge in [0.25, 0.3) is 11.8 Å². The Kier molecular flexibility index (Phi) is 5.89. The average molecular weight is 327 g/mol. The lowest BCUT2D eigenvalue weighted by Gasteiger charge is -2.23. The Morgan fingerprint density at radius 3 is 1.58 bits per heavy atom. The molecule has 4 nitrogen and oxygen atoms in total. The van der Waals surface area contributed by atoms with Crippen LogP contribution in [0.2, 0.25) is 0 Å². The van der Waals surface area contributed by atoms with E-state index in [1.807, 2.05) is 0 Å². The highest BCUT2D eigenvalue weighted by Crippen LogP contribution is 2.19. The quantitative estimate of drug-likeness (QED) is 0.887. The van der Waals surface area contributed by atoms with Crippen molar-refractivity contribution in [1.82, 2.24) is 10.6 Å². The van der Waals surface area contributed by atoms with Crippen LogP contribution in [-0.2, 0) is 0 Å². The summed E-state index contributed by atoms with van der Waals surface area (Å²) in [6.45, 7) is 0. The van der Waals surface area contributed by atoms with E-state index in [-0.39, 0.29) is 23.9 Å². The van der Waals surface area contributed by atoms with Gasteiger partial charge in [0, 0.05) is 23.2 Å². The fourth-order valence-electron chi connectivity index (χ4n) is 3.77. The van der Waals surface area contributed by atoms with E-state index in [2.05, 4.69) is 16.7 Å². The maximum absolute atomic E-state index is 12.4. The van der Waals surface area contributed by atoms with Gasteiger partial charge in [0.15, 0.2) is 0 Å². The van der Waals surface area contributed by atoms with Crippen LogP contribution in [0.3, 0.4) is 0 Å². The number of nitrogens with one attached hydrogen (secondary N) is 2. The van der Waals surface area contributed by atoms with E-state index in [0.29, 0.717) is 11.1 Å². The Labute approximate surface area is 144 Å². The summed E-state index contributed by atoms with van der Waals surface area (Å²) in [5.74, 6) is -0.184. The zero-order valence-corrected chi connectivity index (χ0v) is 14.3. The molecular formula is C20H27N2O2. The number of hydrogen-bond donors (Lipinski definition) is 2. The van der Waals surface area contributed by atoms with E-state index in [0.717, 1.165) is 25.7 Å². The van der Waals surface area contributed by atoms with Gasteiger partial charge in [-0.2, -0.15) is 0 Å². The first-order chi connectivity index (χ1) is 11.7. The van der Waals surface area contributed by atoms with Crippen molar-refractivity contribution in [3.8, 4) is 0 Å². The first-order valence-electron chi connectivity index (χ1n) is 9.35. The Hall–Kier alpha value is -1.84. The van der Waals surface area contributed by atoms with Gasteiger partial charge in [0.05, 0.1) is 0 Å². The fourth-order valence-corrected chi connectivity index (χ4v) is 3.77. The average Bonchev–Trinajstić information content (AvgIpc) is 2.63. The molecule has 2 aliphatic rings. The van der Waals surface area contributed by atoms with Crippen LogP contribution in [0, 0.1) is 6.07 Å². The van der Waals surface area contributed by atoms with E-state index in [1.54, 1.807) is 18.2 Å². The highest BCUT2D eigenvalue weighted by atomic mass is 16.2. The van der Waals surface area contributed by atoms with Crippen molar-refractivity contribution in [3.05, 3.63) is 35.4 Å². The Morgan fingerprint density at radius 1 is 0.750 bits per heavy atom. The van der Waals surface area contributed by atoms with Crippen LogP contribution >= 0.6 is 0 Å². The molecule has 0 heterocycles. The van der Waals surface area contributed by atoms with E-state index in [4.69, 9.17) is 0 Å². The Bertz CT molecular complexity index is 526. The van der Waals surface area contributed by atoms with Crippen LogP contribution in [-0.4, -0.2) is 23.9 Å². The van der Waals surface area contributed by atoms with Gasteiger partial charge in [0.2, 0.25) is 0 Å². The van der Waals surface area contributed by atoms with Crippen molar-refractivity contribution in [2.75, 3.05) is 0 Å². The zero-order valence-electron chi connectivity index (χ0n) is 14.3. The van der Waals surface area contributed by atoms with E-state index in [1.165, 1.54) is 38.5 Å². The van der Waals surface area contributed by atoms with Crippen LogP contribution in [0.1, 0.15) is 84.9 Å². The molecule has 0 spiro atoms. The molecule has 3 rings (SSSR count). The molecule has 0 bridgehead atoms. The highest BCUT2D eigenvalue weighted by Gasteiger charge is 2.19. The first kappa shape index (κ1) is 17.0. The van der Waals surface area contributed by atoms with Crippen LogP contribution < -0.4 is 10.6 Å². The topological polar surface area (TPSA) is 58.2 Å². The monoisotopic (exact) mass is 327 g/mol. The van der Waals surface area contributed by atoms with Crippen LogP contribution in [0.4, 0.5) is 0 Å². The SMILES string of the molecule is O=C(NC1CCCCC1)c1c[c]cc(C(=O)NC2CCCCC2)c1. The van der Waals surface area contributed by atoms with Gasteiger partial charge in [-0.25, -0.2) is 0 Å². The summed E-state index contributed by atoms with van der Waals surface area (Å²) in [7, 11) is 0. The van der Waals surface area contributed by atoms with Crippen molar-refractivity contribution in [2.24, 2.45) is 0 Å². The Morgan fingerprint density at radius 2 is 1.17 bits per heavy atom. The van der Waals surface area contributed by atoms with E-state index in [9.17, 15) is 9.59 Å². The third-order valence-electron chi connectivity index (χ3n) is 5.19.